The molecule has 0 saturated heterocycles. The molecule has 33 heavy (non-hydrogen) atoms. The average molecular weight is 492 g/mol. The molecule has 176 valence electrons. The first-order valence-corrected chi connectivity index (χ1v) is 12.5. The van der Waals surface area contributed by atoms with Crippen LogP contribution in [0.5, 0.6) is 0 Å². The zero-order valence-corrected chi connectivity index (χ0v) is 20.0. The van der Waals surface area contributed by atoms with E-state index in [0.29, 0.717) is 16.4 Å². The van der Waals surface area contributed by atoms with Crippen molar-refractivity contribution in [2.75, 3.05) is 25.1 Å². The number of hydrogen-bond acceptors (Lipinski definition) is 10. The number of amides is 2. The number of amidine groups is 2. The summed E-state index contributed by atoms with van der Waals surface area (Å²) in [5.74, 6) is -1.41. The molecule has 2 unspecified atom stereocenters. The molecule has 3 heterocycles. The maximum absolute atomic E-state index is 13.0. The third kappa shape index (κ3) is 4.87. The Balaban J connectivity index is 1.49. The highest BCUT2D eigenvalue weighted by atomic mass is 32.2. The number of aliphatic imine (C=N–C) groups is 2. The van der Waals surface area contributed by atoms with Crippen molar-refractivity contribution in [2.45, 2.75) is 44.8 Å². The van der Waals surface area contributed by atoms with Crippen molar-refractivity contribution < 1.29 is 24.2 Å². The summed E-state index contributed by atoms with van der Waals surface area (Å²) in [4.78, 5) is 47.4. The SMILES string of the molecule is CCOC(=O)c1c(NC(=O)C(C)SC2=NC(=O)C3C=NN(CCO)C3=N2)sc2c1CCCC2. The van der Waals surface area contributed by atoms with Crippen LogP contribution in [-0.2, 0) is 27.2 Å². The molecule has 10 nitrogen and oxygen atoms in total. The second-order valence-corrected chi connectivity index (χ2v) is 10.1. The van der Waals surface area contributed by atoms with Gasteiger partial charge < -0.3 is 15.2 Å². The van der Waals surface area contributed by atoms with Gasteiger partial charge in [-0.3, -0.25) is 9.59 Å². The number of nitrogens with one attached hydrogen (secondary N) is 1. The Kier molecular flexibility index (Phi) is 7.25. The number of carbonyl (C=O) groups is 3. The Labute approximate surface area is 199 Å². The highest BCUT2D eigenvalue weighted by molar-refractivity contribution is 8.15. The Hall–Kier alpha value is -2.57. The molecule has 12 heteroatoms. The highest BCUT2D eigenvalue weighted by Gasteiger charge is 2.36. The van der Waals surface area contributed by atoms with Gasteiger partial charge in [0.15, 0.2) is 5.17 Å². The zero-order chi connectivity index (χ0) is 23.5. The number of rotatable bonds is 7. The van der Waals surface area contributed by atoms with E-state index in [1.165, 1.54) is 22.6 Å². The molecule has 0 radical (unpaired) electrons. The van der Waals surface area contributed by atoms with Gasteiger partial charge in [0.25, 0.3) is 5.91 Å². The molecule has 2 atom stereocenters. The molecule has 1 aliphatic carbocycles. The van der Waals surface area contributed by atoms with E-state index < -0.39 is 23.0 Å². The number of aryl methyl sites for hydroxylation is 1. The van der Waals surface area contributed by atoms with Crippen molar-refractivity contribution in [3.63, 3.8) is 0 Å². The number of anilines is 1. The fourth-order valence-corrected chi connectivity index (χ4v) is 5.89. The van der Waals surface area contributed by atoms with E-state index in [4.69, 9.17) is 4.74 Å². The number of thiophene rings is 1. The van der Waals surface area contributed by atoms with Crippen LogP contribution in [0.1, 0.15) is 47.5 Å². The van der Waals surface area contributed by atoms with E-state index in [9.17, 15) is 19.5 Å². The van der Waals surface area contributed by atoms with Gasteiger partial charge in [0, 0.05) is 11.1 Å². The molecular weight excluding hydrogens is 466 g/mol. The van der Waals surface area contributed by atoms with Gasteiger partial charge >= 0.3 is 5.97 Å². The summed E-state index contributed by atoms with van der Waals surface area (Å²) in [7, 11) is 0. The number of esters is 1. The van der Waals surface area contributed by atoms with Gasteiger partial charge in [0.05, 0.1) is 30.6 Å². The van der Waals surface area contributed by atoms with E-state index in [-0.39, 0.29) is 30.8 Å². The smallest absolute Gasteiger partial charge is 0.341 e. The summed E-state index contributed by atoms with van der Waals surface area (Å²) in [5, 5.41) is 17.7. The number of ether oxygens (including phenoxy) is 1. The van der Waals surface area contributed by atoms with E-state index >= 15 is 0 Å². The van der Waals surface area contributed by atoms with Crippen LogP contribution in [0.2, 0.25) is 0 Å². The molecule has 2 amide bonds. The summed E-state index contributed by atoms with van der Waals surface area (Å²) in [6.07, 6.45) is 5.19. The van der Waals surface area contributed by atoms with Crippen molar-refractivity contribution >= 4 is 63.1 Å². The number of aliphatic hydroxyl groups is 1. The zero-order valence-electron chi connectivity index (χ0n) is 18.4. The first-order valence-electron chi connectivity index (χ1n) is 10.9. The fraction of sp³-hybridized carbons (Fsp3) is 0.524. The quantitative estimate of drug-likeness (QED) is 0.558. The third-order valence-corrected chi connectivity index (χ3v) is 7.60. The van der Waals surface area contributed by atoms with E-state index in [2.05, 4.69) is 20.4 Å². The minimum absolute atomic E-state index is 0.136. The highest BCUT2D eigenvalue weighted by Crippen LogP contribution is 2.39. The van der Waals surface area contributed by atoms with Crippen LogP contribution in [0.15, 0.2) is 15.1 Å². The normalized spacial score (nSPS) is 20.0. The summed E-state index contributed by atoms with van der Waals surface area (Å²) >= 11 is 2.48. The Bertz CT molecular complexity index is 1060. The molecule has 2 aliphatic heterocycles. The molecule has 0 fully saturated rings. The number of fused-ring (bicyclic) bond motifs is 2. The van der Waals surface area contributed by atoms with E-state index in [0.717, 1.165) is 47.9 Å². The lowest BCUT2D eigenvalue weighted by Gasteiger charge is -2.20. The molecular formula is C21H25N5O5S2. The van der Waals surface area contributed by atoms with Gasteiger partial charge in [-0.25, -0.2) is 14.8 Å². The molecule has 0 saturated carbocycles. The standard InChI is InChI=1S/C21H25N5O5S2/c1-3-31-20(30)15-12-6-4-5-7-14(12)33-19(15)24-17(28)11(2)32-21-23-16-13(18(29)25-21)10-22-26(16)8-9-27/h10-11,13,27H,3-9H2,1-2H3,(H,24,28). The summed E-state index contributed by atoms with van der Waals surface area (Å²) in [6, 6.07) is 0. The van der Waals surface area contributed by atoms with Gasteiger partial charge in [-0.15, -0.1) is 11.3 Å². The van der Waals surface area contributed by atoms with Crippen molar-refractivity contribution in [1.82, 2.24) is 5.01 Å². The van der Waals surface area contributed by atoms with Crippen molar-refractivity contribution in [2.24, 2.45) is 21.0 Å². The van der Waals surface area contributed by atoms with Gasteiger partial charge in [0.1, 0.15) is 16.8 Å². The summed E-state index contributed by atoms with van der Waals surface area (Å²) in [5.41, 5.74) is 1.43. The topological polar surface area (TPSA) is 133 Å². The number of carbonyl (C=O) groups excluding carboxylic acids is 3. The van der Waals surface area contributed by atoms with E-state index in [1.54, 1.807) is 13.8 Å². The maximum Gasteiger partial charge on any atom is 0.341 e. The molecule has 3 aliphatic rings. The third-order valence-electron chi connectivity index (χ3n) is 5.43. The molecule has 1 aromatic heterocycles. The summed E-state index contributed by atoms with van der Waals surface area (Å²) < 4.78 is 5.24. The van der Waals surface area contributed by atoms with Crippen LogP contribution in [0.4, 0.5) is 5.00 Å². The molecule has 0 aromatic carbocycles. The Morgan fingerprint density at radius 2 is 2.15 bits per heavy atom. The number of hydrogen-bond donors (Lipinski definition) is 2. The molecule has 1 aromatic rings. The minimum Gasteiger partial charge on any atom is -0.462 e. The van der Waals surface area contributed by atoms with Crippen LogP contribution < -0.4 is 5.32 Å². The second-order valence-electron chi connectivity index (χ2n) is 7.68. The summed E-state index contributed by atoms with van der Waals surface area (Å²) in [6.45, 7) is 3.78. The number of thioether (sulfide) groups is 1. The predicted molar refractivity (Wildman–Crippen MR) is 128 cm³/mol. The van der Waals surface area contributed by atoms with Crippen molar-refractivity contribution in [3.05, 3.63) is 16.0 Å². The number of aliphatic hydroxyl groups excluding tert-OH is 1. The Morgan fingerprint density at radius 3 is 2.91 bits per heavy atom. The van der Waals surface area contributed by atoms with Crippen LogP contribution >= 0.6 is 23.1 Å². The average Bonchev–Trinajstić information content (AvgIpc) is 3.35. The van der Waals surface area contributed by atoms with Crippen LogP contribution in [0, 0.1) is 5.92 Å². The largest absolute Gasteiger partial charge is 0.462 e. The van der Waals surface area contributed by atoms with Crippen molar-refractivity contribution in [1.29, 1.82) is 0 Å². The minimum atomic E-state index is -0.658. The van der Waals surface area contributed by atoms with Crippen LogP contribution in [0.25, 0.3) is 0 Å². The number of nitrogens with zero attached hydrogens (tertiary/aromatic N) is 4. The first kappa shape index (κ1) is 23.6. The van der Waals surface area contributed by atoms with Gasteiger partial charge in [-0.1, -0.05) is 11.8 Å². The van der Waals surface area contributed by atoms with E-state index in [1.807, 2.05) is 0 Å². The molecule has 2 N–H and O–H groups in total. The molecule has 4 rings (SSSR count). The second kappa shape index (κ2) is 10.1. The fourth-order valence-electron chi connectivity index (χ4n) is 3.84. The van der Waals surface area contributed by atoms with Crippen LogP contribution in [-0.4, -0.2) is 70.1 Å². The predicted octanol–water partition coefficient (Wildman–Crippen LogP) is 2.07. The van der Waals surface area contributed by atoms with Gasteiger partial charge in [0.2, 0.25) is 5.91 Å². The first-order chi connectivity index (χ1) is 15.9. The lowest BCUT2D eigenvalue weighted by atomic mass is 9.95. The van der Waals surface area contributed by atoms with Crippen LogP contribution in [0.3, 0.4) is 0 Å². The lowest BCUT2D eigenvalue weighted by Crippen LogP contribution is -2.36. The lowest BCUT2D eigenvalue weighted by molar-refractivity contribution is -0.118. The molecule has 0 bridgehead atoms. The maximum atomic E-state index is 13.0. The van der Waals surface area contributed by atoms with Crippen molar-refractivity contribution in [3.8, 4) is 0 Å². The van der Waals surface area contributed by atoms with Gasteiger partial charge in [-0.2, -0.15) is 10.1 Å². The molecule has 0 spiro atoms. The number of hydrazone groups is 1. The monoisotopic (exact) mass is 491 g/mol. The van der Waals surface area contributed by atoms with Gasteiger partial charge in [-0.05, 0) is 45.1 Å². The Morgan fingerprint density at radius 1 is 1.36 bits per heavy atom. The number of β-amino-alcohol motifs (C(OH)–C–C–N with tert-alkyl or cyclic N) is 1.